The number of rotatable bonds is 4. The van der Waals surface area contributed by atoms with Gasteiger partial charge in [0.1, 0.15) is 5.82 Å². The molecule has 26 heavy (non-hydrogen) atoms. The van der Waals surface area contributed by atoms with Crippen LogP contribution in [0.3, 0.4) is 0 Å². The summed E-state index contributed by atoms with van der Waals surface area (Å²) in [6, 6.07) is 11.7. The molecule has 0 radical (unpaired) electrons. The van der Waals surface area contributed by atoms with Gasteiger partial charge in [-0.25, -0.2) is 4.39 Å². The number of anilines is 1. The van der Waals surface area contributed by atoms with Crippen molar-refractivity contribution in [3.05, 3.63) is 65.8 Å². The molecule has 9 heteroatoms. The standard InChI is InChI=1S/C17H11F4N3O2/c18-13-4-2-1-3-11(13)9-14(25)22-12-7-5-10(6-8-12)15-23-16(26-24-15)17(19,20)21/h1-8H,9H2,(H,22,25). The Balaban J connectivity index is 1.67. The number of alkyl halides is 3. The Kier molecular flexibility index (Phi) is 4.70. The number of nitrogens with zero attached hydrogens (tertiary/aromatic N) is 2. The Morgan fingerprint density at radius 3 is 2.38 bits per heavy atom. The molecule has 3 aromatic rings. The van der Waals surface area contributed by atoms with Crippen molar-refractivity contribution in [3.8, 4) is 11.4 Å². The first kappa shape index (κ1) is 17.6. The minimum Gasteiger partial charge on any atom is -0.329 e. The molecule has 0 atom stereocenters. The van der Waals surface area contributed by atoms with Gasteiger partial charge in [-0.1, -0.05) is 23.4 Å². The summed E-state index contributed by atoms with van der Waals surface area (Å²) in [5.74, 6) is -2.56. The summed E-state index contributed by atoms with van der Waals surface area (Å²) in [6.45, 7) is 0. The molecule has 0 fully saturated rings. The highest BCUT2D eigenvalue weighted by atomic mass is 19.4. The van der Waals surface area contributed by atoms with Crippen molar-refractivity contribution in [3.63, 3.8) is 0 Å². The lowest BCUT2D eigenvalue weighted by Crippen LogP contribution is -2.15. The molecule has 0 bridgehead atoms. The van der Waals surface area contributed by atoms with Gasteiger partial charge in [0.2, 0.25) is 11.7 Å². The molecule has 0 unspecified atom stereocenters. The smallest absolute Gasteiger partial charge is 0.329 e. The van der Waals surface area contributed by atoms with Crippen LogP contribution < -0.4 is 5.32 Å². The molecule has 1 amide bonds. The summed E-state index contributed by atoms with van der Waals surface area (Å²) >= 11 is 0. The number of aromatic nitrogens is 2. The molecule has 1 aromatic heterocycles. The number of carbonyl (C=O) groups is 1. The van der Waals surface area contributed by atoms with Crippen LogP contribution in [0.25, 0.3) is 11.4 Å². The van der Waals surface area contributed by atoms with Crippen molar-refractivity contribution in [2.45, 2.75) is 12.6 Å². The van der Waals surface area contributed by atoms with Gasteiger partial charge >= 0.3 is 12.1 Å². The molecule has 0 aliphatic carbocycles. The van der Waals surface area contributed by atoms with Gasteiger partial charge in [0, 0.05) is 11.3 Å². The maximum atomic E-state index is 13.5. The van der Waals surface area contributed by atoms with Gasteiger partial charge in [0.05, 0.1) is 6.42 Å². The number of hydrogen-bond donors (Lipinski definition) is 1. The fourth-order valence-corrected chi connectivity index (χ4v) is 2.18. The molecule has 0 aliphatic rings. The number of nitrogens with one attached hydrogen (secondary N) is 1. The fourth-order valence-electron chi connectivity index (χ4n) is 2.18. The van der Waals surface area contributed by atoms with Crippen LogP contribution in [0.1, 0.15) is 11.5 Å². The third kappa shape index (κ3) is 4.05. The van der Waals surface area contributed by atoms with E-state index in [1.165, 1.54) is 42.5 Å². The third-order valence-electron chi connectivity index (χ3n) is 3.40. The quantitative estimate of drug-likeness (QED) is 0.708. The SMILES string of the molecule is O=C(Cc1ccccc1F)Nc1ccc(-c2noc(C(F)(F)F)n2)cc1. The molecule has 0 saturated carbocycles. The summed E-state index contributed by atoms with van der Waals surface area (Å²) in [7, 11) is 0. The second-order valence-corrected chi connectivity index (χ2v) is 5.31. The van der Waals surface area contributed by atoms with E-state index in [-0.39, 0.29) is 23.4 Å². The van der Waals surface area contributed by atoms with Crippen LogP contribution in [-0.2, 0) is 17.4 Å². The minimum atomic E-state index is -4.72. The van der Waals surface area contributed by atoms with E-state index >= 15 is 0 Å². The van der Waals surface area contributed by atoms with Crippen LogP contribution in [0.4, 0.5) is 23.2 Å². The maximum Gasteiger partial charge on any atom is 0.471 e. The molecule has 5 nitrogen and oxygen atoms in total. The zero-order chi connectivity index (χ0) is 18.7. The number of hydrogen-bond acceptors (Lipinski definition) is 4. The van der Waals surface area contributed by atoms with Crippen LogP contribution in [0.5, 0.6) is 0 Å². The molecule has 1 heterocycles. The van der Waals surface area contributed by atoms with Gasteiger partial charge in [-0.2, -0.15) is 18.2 Å². The summed E-state index contributed by atoms with van der Waals surface area (Å²) in [6.07, 6.45) is -4.86. The highest BCUT2D eigenvalue weighted by molar-refractivity contribution is 5.92. The lowest BCUT2D eigenvalue weighted by molar-refractivity contribution is -0.159. The molecule has 134 valence electrons. The summed E-state index contributed by atoms with van der Waals surface area (Å²) < 4.78 is 55.1. The van der Waals surface area contributed by atoms with E-state index < -0.39 is 23.8 Å². The van der Waals surface area contributed by atoms with Crippen molar-refractivity contribution >= 4 is 11.6 Å². The molecule has 2 aromatic carbocycles. The molecule has 3 rings (SSSR count). The Labute approximate surface area is 144 Å². The van der Waals surface area contributed by atoms with Crippen LogP contribution >= 0.6 is 0 Å². The van der Waals surface area contributed by atoms with Crippen molar-refractivity contribution < 1.29 is 26.9 Å². The van der Waals surface area contributed by atoms with Crippen molar-refractivity contribution in [2.75, 3.05) is 5.32 Å². The van der Waals surface area contributed by atoms with E-state index in [2.05, 4.69) is 20.0 Å². The van der Waals surface area contributed by atoms with Crippen LogP contribution in [-0.4, -0.2) is 16.0 Å². The Bertz CT molecular complexity index is 920. The van der Waals surface area contributed by atoms with E-state index in [4.69, 9.17) is 0 Å². The topological polar surface area (TPSA) is 68.0 Å². The van der Waals surface area contributed by atoms with Crippen molar-refractivity contribution in [1.82, 2.24) is 10.1 Å². The first-order chi connectivity index (χ1) is 12.3. The van der Waals surface area contributed by atoms with Gasteiger partial charge in [0.25, 0.3) is 0 Å². The molecule has 0 spiro atoms. The van der Waals surface area contributed by atoms with E-state index in [1.807, 2.05) is 0 Å². The minimum absolute atomic E-state index is 0.145. The van der Waals surface area contributed by atoms with Crippen LogP contribution in [0, 0.1) is 5.82 Å². The van der Waals surface area contributed by atoms with Gasteiger partial charge < -0.3 is 9.84 Å². The van der Waals surface area contributed by atoms with Crippen LogP contribution in [0.2, 0.25) is 0 Å². The van der Waals surface area contributed by atoms with E-state index in [1.54, 1.807) is 6.07 Å². The van der Waals surface area contributed by atoms with Crippen molar-refractivity contribution in [1.29, 1.82) is 0 Å². The first-order valence-electron chi connectivity index (χ1n) is 7.37. The second-order valence-electron chi connectivity index (χ2n) is 5.31. The zero-order valence-electron chi connectivity index (χ0n) is 13.0. The molecular formula is C17H11F4N3O2. The lowest BCUT2D eigenvalue weighted by atomic mass is 10.1. The summed E-state index contributed by atoms with van der Waals surface area (Å²) in [5.41, 5.74) is 0.944. The average molecular weight is 365 g/mol. The number of carbonyl (C=O) groups excluding carboxylic acids is 1. The maximum absolute atomic E-state index is 13.5. The summed E-state index contributed by atoms with van der Waals surface area (Å²) in [5, 5.41) is 5.85. The second kappa shape index (κ2) is 6.95. The molecule has 0 saturated heterocycles. The zero-order valence-corrected chi connectivity index (χ0v) is 13.0. The monoisotopic (exact) mass is 365 g/mol. The van der Waals surface area contributed by atoms with Crippen molar-refractivity contribution in [2.24, 2.45) is 0 Å². The van der Waals surface area contributed by atoms with E-state index in [0.29, 0.717) is 5.69 Å². The van der Waals surface area contributed by atoms with Gasteiger partial charge in [0.15, 0.2) is 0 Å². The van der Waals surface area contributed by atoms with Gasteiger partial charge in [-0.05, 0) is 35.9 Å². The Hall–Kier alpha value is -3.23. The van der Waals surface area contributed by atoms with Gasteiger partial charge in [-0.15, -0.1) is 0 Å². The lowest BCUT2D eigenvalue weighted by Gasteiger charge is -2.06. The first-order valence-corrected chi connectivity index (χ1v) is 7.37. The molecular weight excluding hydrogens is 354 g/mol. The number of benzene rings is 2. The summed E-state index contributed by atoms with van der Waals surface area (Å²) in [4.78, 5) is 15.2. The Morgan fingerprint density at radius 1 is 1.08 bits per heavy atom. The van der Waals surface area contributed by atoms with Gasteiger partial charge in [-0.3, -0.25) is 4.79 Å². The number of halogens is 4. The normalized spacial score (nSPS) is 11.4. The Morgan fingerprint density at radius 2 is 1.77 bits per heavy atom. The highest BCUT2D eigenvalue weighted by Gasteiger charge is 2.38. The number of amides is 1. The molecule has 1 N–H and O–H groups in total. The average Bonchev–Trinajstić information content (AvgIpc) is 3.08. The largest absolute Gasteiger partial charge is 0.471 e. The fraction of sp³-hybridized carbons (Fsp3) is 0.118. The van der Waals surface area contributed by atoms with E-state index in [0.717, 1.165) is 0 Å². The predicted octanol–water partition coefficient (Wildman–Crippen LogP) is 4.08. The highest BCUT2D eigenvalue weighted by Crippen LogP contribution is 2.29. The third-order valence-corrected chi connectivity index (χ3v) is 3.40. The predicted molar refractivity (Wildman–Crippen MR) is 83.5 cm³/mol. The van der Waals surface area contributed by atoms with Crippen LogP contribution in [0.15, 0.2) is 53.1 Å². The molecule has 0 aliphatic heterocycles. The van der Waals surface area contributed by atoms with E-state index in [9.17, 15) is 22.4 Å².